The third-order valence-electron chi connectivity index (χ3n) is 5.31. The number of nitrogens with zero attached hydrogens (tertiary/aromatic N) is 2. The summed E-state index contributed by atoms with van der Waals surface area (Å²) >= 11 is 0. The number of nitrogens with two attached hydrogens (primary N) is 1. The summed E-state index contributed by atoms with van der Waals surface area (Å²) in [4.78, 5) is 6.86. The first-order chi connectivity index (χ1) is 15.4. The summed E-state index contributed by atoms with van der Waals surface area (Å²) in [7, 11) is -3.49. The Labute approximate surface area is 188 Å². The van der Waals surface area contributed by atoms with Gasteiger partial charge in [-0.3, -0.25) is 0 Å². The number of phenols is 1. The van der Waals surface area contributed by atoms with Gasteiger partial charge in [-0.25, -0.2) is 18.1 Å². The molecule has 0 radical (unpaired) electrons. The summed E-state index contributed by atoms with van der Waals surface area (Å²) in [5.41, 5.74) is 8.35. The van der Waals surface area contributed by atoms with Crippen LogP contribution in [0.15, 0.2) is 77.0 Å². The molecule has 1 heterocycles. The van der Waals surface area contributed by atoms with E-state index in [1.807, 2.05) is 11.0 Å². The van der Waals surface area contributed by atoms with Crippen molar-refractivity contribution >= 4 is 27.2 Å². The van der Waals surface area contributed by atoms with Crippen molar-refractivity contribution in [2.24, 2.45) is 10.7 Å². The normalized spacial score (nSPS) is 16.8. The largest absolute Gasteiger partial charge is 0.508 e. The summed E-state index contributed by atoms with van der Waals surface area (Å²) in [6, 6.07) is 11.8. The van der Waals surface area contributed by atoms with Crippen LogP contribution in [0.5, 0.6) is 5.75 Å². The zero-order chi connectivity index (χ0) is 22.7. The Balaban J connectivity index is 1.50. The topological polar surface area (TPSA) is 120 Å². The maximum Gasteiger partial charge on any atom is 0.240 e. The molecule has 4 rings (SSSR count). The van der Waals surface area contributed by atoms with Crippen LogP contribution in [0.2, 0.25) is 0 Å². The van der Waals surface area contributed by atoms with Crippen molar-refractivity contribution in [3.05, 3.63) is 72.7 Å². The third kappa shape index (κ3) is 5.12. The van der Waals surface area contributed by atoms with E-state index < -0.39 is 10.0 Å². The number of rotatable bonds is 7. The minimum absolute atomic E-state index is 0.0600. The SMILES string of the molecule is C=C(/N=C(\C=C/N)N1CCCc2cc(O)ccc21)Nc1ccc(S(=O)(=O)NC2CC2)cc1. The van der Waals surface area contributed by atoms with Gasteiger partial charge < -0.3 is 21.1 Å². The predicted octanol–water partition coefficient (Wildman–Crippen LogP) is 3.04. The monoisotopic (exact) mass is 453 g/mol. The summed E-state index contributed by atoms with van der Waals surface area (Å²) in [6.45, 7) is 4.74. The quantitative estimate of drug-likeness (QED) is 0.378. The number of hydrogen-bond acceptors (Lipinski definition) is 6. The lowest BCUT2D eigenvalue weighted by atomic mass is 10.0. The molecule has 1 fully saturated rings. The van der Waals surface area contributed by atoms with E-state index in [9.17, 15) is 13.5 Å². The molecule has 8 nitrogen and oxygen atoms in total. The van der Waals surface area contributed by atoms with Gasteiger partial charge in [-0.05, 0) is 86.0 Å². The van der Waals surface area contributed by atoms with Gasteiger partial charge in [0.25, 0.3) is 0 Å². The number of fused-ring (bicyclic) bond motifs is 1. The van der Waals surface area contributed by atoms with Gasteiger partial charge in [0.2, 0.25) is 10.0 Å². The smallest absolute Gasteiger partial charge is 0.240 e. The van der Waals surface area contributed by atoms with Crippen LogP contribution in [-0.4, -0.2) is 31.9 Å². The van der Waals surface area contributed by atoms with E-state index >= 15 is 0 Å². The minimum Gasteiger partial charge on any atom is -0.508 e. The number of hydrogen-bond donors (Lipinski definition) is 4. The van der Waals surface area contributed by atoms with Gasteiger partial charge in [-0.15, -0.1) is 0 Å². The average molecular weight is 454 g/mol. The highest BCUT2D eigenvalue weighted by Crippen LogP contribution is 2.31. The fraction of sp³-hybridized carbons (Fsp3) is 0.261. The highest BCUT2D eigenvalue weighted by atomic mass is 32.2. The minimum atomic E-state index is -3.49. The molecule has 0 saturated heterocycles. The maximum absolute atomic E-state index is 12.3. The van der Waals surface area contributed by atoms with Gasteiger partial charge in [-0.1, -0.05) is 6.58 Å². The molecule has 1 aliphatic heterocycles. The Kier molecular flexibility index (Phi) is 6.20. The molecule has 2 aromatic carbocycles. The number of benzene rings is 2. The van der Waals surface area contributed by atoms with E-state index in [0.29, 0.717) is 17.3 Å². The van der Waals surface area contributed by atoms with Crippen molar-refractivity contribution in [2.45, 2.75) is 36.6 Å². The molecule has 0 amide bonds. The van der Waals surface area contributed by atoms with Gasteiger partial charge in [0.15, 0.2) is 0 Å². The number of anilines is 2. The van der Waals surface area contributed by atoms with E-state index in [1.54, 1.807) is 42.5 Å². The molecule has 2 aliphatic rings. The lowest BCUT2D eigenvalue weighted by Crippen LogP contribution is -2.34. The van der Waals surface area contributed by atoms with Crippen LogP contribution in [-0.2, 0) is 16.4 Å². The van der Waals surface area contributed by atoms with E-state index in [1.165, 1.54) is 6.20 Å². The van der Waals surface area contributed by atoms with Crippen molar-refractivity contribution in [3.63, 3.8) is 0 Å². The predicted molar refractivity (Wildman–Crippen MR) is 127 cm³/mol. The number of aryl methyl sites for hydroxylation is 1. The fourth-order valence-corrected chi connectivity index (χ4v) is 4.94. The first-order valence-electron chi connectivity index (χ1n) is 10.5. The van der Waals surface area contributed by atoms with Crippen LogP contribution in [0.4, 0.5) is 11.4 Å². The van der Waals surface area contributed by atoms with Gasteiger partial charge in [0, 0.05) is 24.0 Å². The lowest BCUT2D eigenvalue weighted by Gasteiger charge is -2.31. The molecule has 0 unspecified atom stereocenters. The number of sulfonamides is 1. The third-order valence-corrected chi connectivity index (χ3v) is 6.84. The van der Waals surface area contributed by atoms with E-state index in [0.717, 1.165) is 43.5 Å². The average Bonchev–Trinajstić information content (AvgIpc) is 3.56. The van der Waals surface area contributed by atoms with Crippen LogP contribution in [0.1, 0.15) is 24.8 Å². The Morgan fingerprint density at radius 2 is 1.97 bits per heavy atom. The molecule has 2 aromatic rings. The molecule has 9 heteroatoms. The number of phenolic OH excluding ortho intramolecular Hbond substituents is 1. The van der Waals surface area contributed by atoms with Crippen LogP contribution in [0, 0.1) is 0 Å². The number of amidine groups is 1. The molecule has 32 heavy (non-hydrogen) atoms. The highest BCUT2D eigenvalue weighted by Gasteiger charge is 2.27. The molecular formula is C23H27N5O3S. The molecule has 0 aromatic heterocycles. The Morgan fingerprint density at radius 3 is 2.66 bits per heavy atom. The molecule has 1 saturated carbocycles. The van der Waals surface area contributed by atoms with Crippen LogP contribution in [0.3, 0.4) is 0 Å². The summed E-state index contributed by atoms with van der Waals surface area (Å²) < 4.78 is 27.3. The van der Waals surface area contributed by atoms with Gasteiger partial charge in [-0.2, -0.15) is 0 Å². The Hall–Kier alpha value is -3.30. The highest BCUT2D eigenvalue weighted by molar-refractivity contribution is 7.89. The Morgan fingerprint density at radius 1 is 1.22 bits per heavy atom. The molecule has 1 aliphatic carbocycles. The van der Waals surface area contributed by atoms with E-state index in [4.69, 9.17) is 5.73 Å². The Bertz CT molecular complexity index is 1170. The van der Waals surface area contributed by atoms with Crippen molar-refractivity contribution < 1.29 is 13.5 Å². The standard InChI is InChI=1S/C23H27N5O3S/c1-16(25-18-6-9-21(10-7-18)32(30,31)27-19-4-5-19)26-23(12-13-24)28-14-2-3-17-15-20(29)8-11-22(17)28/h6-13,15,19,25,27,29H,1-5,14,24H2/b13-12-,26-23+. The number of nitrogens with one attached hydrogen (secondary N) is 2. The van der Waals surface area contributed by atoms with Crippen LogP contribution in [0.25, 0.3) is 0 Å². The van der Waals surface area contributed by atoms with Crippen LogP contribution < -0.4 is 20.7 Å². The van der Waals surface area contributed by atoms with E-state index in [2.05, 4.69) is 21.6 Å². The first-order valence-corrected chi connectivity index (χ1v) is 12.0. The summed E-state index contributed by atoms with van der Waals surface area (Å²) in [6.07, 6.45) is 6.70. The van der Waals surface area contributed by atoms with Crippen LogP contribution >= 0.6 is 0 Å². The first kappa shape index (κ1) is 21.9. The second kappa shape index (κ2) is 9.05. The number of aliphatic imine (C=N–C) groups is 1. The summed E-state index contributed by atoms with van der Waals surface area (Å²) in [5, 5.41) is 12.9. The van der Waals surface area contributed by atoms with Gasteiger partial charge in [0.05, 0.1) is 4.90 Å². The number of aromatic hydroxyl groups is 1. The molecular weight excluding hydrogens is 426 g/mol. The van der Waals surface area contributed by atoms with Crippen molar-refractivity contribution in [3.8, 4) is 5.75 Å². The van der Waals surface area contributed by atoms with E-state index in [-0.39, 0.29) is 16.7 Å². The van der Waals surface area contributed by atoms with Crippen molar-refractivity contribution in [1.29, 1.82) is 0 Å². The molecule has 0 spiro atoms. The fourth-order valence-electron chi connectivity index (χ4n) is 3.63. The lowest BCUT2D eigenvalue weighted by molar-refractivity contribution is 0.474. The second-order valence-electron chi connectivity index (χ2n) is 7.89. The zero-order valence-corrected chi connectivity index (χ0v) is 18.5. The molecule has 0 bridgehead atoms. The zero-order valence-electron chi connectivity index (χ0n) is 17.7. The maximum atomic E-state index is 12.3. The molecule has 168 valence electrons. The van der Waals surface area contributed by atoms with Crippen molar-refractivity contribution in [2.75, 3.05) is 16.8 Å². The second-order valence-corrected chi connectivity index (χ2v) is 9.60. The molecule has 0 atom stereocenters. The molecule has 5 N–H and O–H groups in total. The van der Waals surface area contributed by atoms with Gasteiger partial charge >= 0.3 is 0 Å². The van der Waals surface area contributed by atoms with Gasteiger partial charge in [0.1, 0.15) is 17.4 Å². The van der Waals surface area contributed by atoms with Crippen molar-refractivity contribution in [1.82, 2.24) is 4.72 Å². The summed E-state index contributed by atoms with van der Waals surface area (Å²) in [5.74, 6) is 1.24.